The van der Waals surface area contributed by atoms with Gasteiger partial charge in [0.25, 0.3) is 0 Å². The Labute approximate surface area is 441 Å². The van der Waals surface area contributed by atoms with Crippen LogP contribution in [-0.2, 0) is 68.4 Å². The molecular formula is C53H80N4O18. The molecule has 0 spiro atoms. The first-order chi connectivity index (χ1) is 34.7. The number of nitrogens with one attached hydrogen (secondary N) is 2. The van der Waals surface area contributed by atoms with E-state index in [9.17, 15) is 33.6 Å². The highest BCUT2D eigenvalue weighted by Crippen LogP contribution is 2.21. The minimum absolute atomic E-state index is 0.0726. The van der Waals surface area contributed by atoms with Gasteiger partial charge in [0.1, 0.15) is 46.4 Å². The number of amides is 3. The van der Waals surface area contributed by atoms with Gasteiger partial charge in [0.2, 0.25) is 5.96 Å². The summed E-state index contributed by atoms with van der Waals surface area (Å²) in [5, 5.41) is 4.78. The number of esters is 4. The van der Waals surface area contributed by atoms with Crippen molar-refractivity contribution in [1.82, 2.24) is 15.5 Å². The Morgan fingerprint density at radius 2 is 0.960 bits per heavy atom. The maximum Gasteiger partial charge on any atom is 0.414 e. The van der Waals surface area contributed by atoms with E-state index >= 15 is 0 Å². The zero-order valence-electron chi connectivity index (χ0n) is 46.4. The molecule has 2 N–H and O–H groups in total. The van der Waals surface area contributed by atoms with Gasteiger partial charge in [-0.1, -0.05) is 12.1 Å². The molecule has 22 heteroatoms. The first-order valence-corrected chi connectivity index (χ1v) is 24.6. The topological polar surface area (TPSA) is 261 Å². The Kier molecular flexibility index (Phi) is 26.1. The minimum Gasteiger partial charge on any atom is -0.460 e. The van der Waals surface area contributed by atoms with E-state index < -0.39 is 76.7 Å². The molecule has 1 atom stereocenters. The van der Waals surface area contributed by atoms with E-state index in [-0.39, 0.29) is 88.1 Å². The third-order valence-electron chi connectivity index (χ3n) is 8.61. The third kappa shape index (κ3) is 31.2. The third-order valence-corrected chi connectivity index (χ3v) is 8.61. The number of hydrogen-bond acceptors (Lipinski definition) is 19. The van der Waals surface area contributed by atoms with Crippen molar-refractivity contribution in [2.24, 2.45) is 4.99 Å². The highest BCUT2D eigenvalue weighted by atomic mass is 16.6. The summed E-state index contributed by atoms with van der Waals surface area (Å²) in [6.45, 7) is 26.6. The SMILES string of the molecule is CC(C)(C)OC(=O)CCOCCOCCOCCOCCN(C(=O)OCc1ccc(OC(=O)c2ccc(N=C(NC(=O)OC(C)(C)C)NC(=O)OC(C)(C)C)cc2)cc1)C(CC(=O)OC(C)(C)C)C(=O)OC(C)(C)C. The second-order valence-corrected chi connectivity index (χ2v) is 21.7. The van der Waals surface area contributed by atoms with Gasteiger partial charge < -0.3 is 52.1 Å². The highest BCUT2D eigenvalue weighted by molar-refractivity contribution is 6.02. The average molecular weight is 1060 g/mol. The Balaban J connectivity index is 2.08. The van der Waals surface area contributed by atoms with Crippen molar-refractivity contribution in [2.75, 3.05) is 59.4 Å². The number of rotatable bonds is 24. The number of benzene rings is 2. The number of alkyl carbamates (subject to hydrolysis) is 2. The van der Waals surface area contributed by atoms with Crippen LogP contribution in [0.4, 0.5) is 20.1 Å². The standard InChI is InChI=1S/C53H80N4O18/c1-49(2,3)71-41(58)24-26-65-28-30-67-32-33-68-31-29-66-27-25-57(40(44(61)73-51(7,8)9)34-42(59)72-50(4,5)6)48(64)69-35-36-16-22-39(23-17-36)70-43(60)37-18-20-38(21-19-37)54-45(55-46(62)74-52(10,11)12)56-47(63)75-53(13,14)15/h16-23,40H,24-35H2,1-15H3,(H2,54,55,56,62,63). The molecule has 75 heavy (non-hydrogen) atoms. The van der Waals surface area contributed by atoms with Crippen molar-refractivity contribution in [3.63, 3.8) is 0 Å². The van der Waals surface area contributed by atoms with Crippen LogP contribution in [0.25, 0.3) is 0 Å². The molecule has 2 aromatic carbocycles. The van der Waals surface area contributed by atoms with Gasteiger partial charge in [-0.2, -0.15) is 0 Å². The van der Waals surface area contributed by atoms with Gasteiger partial charge in [0.05, 0.1) is 76.9 Å². The van der Waals surface area contributed by atoms with Crippen LogP contribution in [0.2, 0.25) is 0 Å². The number of carbonyl (C=O) groups excluding carboxylic acids is 7. The first-order valence-electron chi connectivity index (χ1n) is 24.6. The summed E-state index contributed by atoms with van der Waals surface area (Å²) in [6.07, 6.45) is -3.09. The fourth-order valence-electron chi connectivity index (χ4n) is 5.82. The van der Waals surface area contributed by atoms with E-state index in [4.69, 9.17) is 52.1 Å². The Morgan fingerprint density at radius 1 is 0.520 bits per heavy atom. The maximum absolute atomic E-state index is 13.9. The van der Waals surface area contributed by atoms with Gasteiger partial charge in [-0.15, -0.1) is 0 Å². The Bertz CT molecular complexity index is 2150. The Hall–Kier alpha value is -6.36. The van der Waals surface area contributed by atoms with Gasteiger partial charge in [-0.05, 0) is 146 Å². The number of aliphatic imine (C=N–C) groups is 1. The summed E-state index contributed by atoms with van der Waals surface area (Å²) in [5.41, 5.74) is -3.19. The van der Waals surface area contributed by atoms with Crippen LogP contribution in [0.3, 0.4) is 0 Å². The van der Waals surface area contributed by atoms with E-state index in [0.29, 0.717) is 18.8 Å². The van der Waals surface area contributed by atoms with E-state index in [1.165, 1.54) is 36.4 Å². The van der Waals surface area contributed by atoms with Crippen molar-refractivity contribution in [2.45, 2.75) is 157 Å². The minimum atomic E-state index is -1.45. The van der Waals surface area contributed by atoms with Crippen molar-refractivity contribution < 1.29 is 85.7 Å². The molecule has 420 valence electrons. The van der Waals surface area contributed by atoms with Crippen molar-refractivity contribution in [1.29, 1.82) is 0 Å². The molecule has 0 aliphatic heterocycles. The zero-order valence-corrected chi connectivity index (χ0v) is 46.4. The molecule has 0 aromatic heterocycles. The molecular weight excluding hydrogens is 981 g/mol. The maximum atomic E-state index is 13.9. The largest absolute Gasteiger partial charge is 0.460 e. The summed E-state index contributed by atoms with van der Waals surface area (Å²) in [5.74, 6) is -2.77. The fourth-order valence-corrected chi connectivity index (χ4v) is 5.82. The summed E-state index contributed by atoms with van der Waals surface area (Å²) < 4.78 is 60.4. The van der Waals surface area contributed by atoms with Gasteiger partial charge in [-0.3, -0.25) is 25.1 Å². The lowest BCUT2D eigenvalue weighted by Gasteiger charge is -2.32. The molecule has 0 bridgehead atoms. The van der Waals surface area contributed by atoms with Gasteiger partial charge in [0, 0.05) is 6.54 Å². The van der Waals surface area contributed by atoms with Gasteiger partial charge in [-0.25, -0.2) is 29.0 Å². The molecule has 0 aliphatic rings. The predicted molar refractivity (Wildman–Crippen MR) is 274 cm³/mol. The lowest BCUT2D eigenvalue weighted by Crippen LogP contribution is -2.50. The molecule has 1 unspecified atom stereocenters. The molecule has 3 amide bonds. The van der Waals surface area contributed by atoms with Crippen LogP contribution < -0.4 is 15.4 Å². The summed E-state index contributed by atoms with van der Waals surface area (Å²) in [6, 6.07) is 10.5. The number of carbonyl (C=O) groups is 7. The molecule has 0 saturated carbocycles. The van der Waals surface area contributed by atoms with Crippen LogP contribution in [0.5, 0.6) is 5.75 Å². The zero-order chi connectivity index (χ0) is 56.6. The molecule has 0 heterocycles. The second kappa shape index (κ2) is 30.3. The average Bonchev–Trinajstić information content (AvgIpc) is 3.23. The molecule has 2 aromatic rings. The van der Waals surface area contributed by atoms with Crippen LogP contribution in [-0.4, -0.2) is 146 Å². The van der Waals surface area contributed by atoms with Crippen LogP contribution >= 0.6 is 0 Å². The summed E-state index contributed by atoms with van der Waals surface area (Å²) in [7, 11) is 0. The molecule has 0 aliphatic carbocycles. The first kappa shape index (κ1) is 64.8. The molecule has 0 saturated heterocycles. The van der Waals surface area contributed by atoms with Crippen molar-refractivity contribution in [3.05, 3.63) is 59.7 Å². The van der Waals surface area contributed by atoms with Crippen LogP contribution in [0.1, 0.15) is 133 Å². The molecule has 0 radical (unpaired) electrons. The van der Waals surface area contributed by atoms with Crippen LogP contribution in [0.15, 0.2) is 53.5 Å². The number of guanidine groups is 1. The summed E-state index contributed by atoms with van der Waals surface area (Å²) in [4.78, 5) is 95.9. The molecule has 22 nitrogen and oxygen atoms in total. The van der Waals surface area contributed by atoms with Crippen molar-refractivity contribution in [3.8, 4) is 5.75 Å². The highest BCUT2D eigenvalue weighted by Gasteiger charge is 2.37. The second-order valence-electron chi connectivity index (χ2n) is 21.7. The quantitative estimate of drug-likeness (QED) is 0.0251. The van der Waals surface area contributed by atoms with Gasteiger partial charge in [0.15, 0.2) is 0 Å². The summed E-state index contributed by atoms with van der Waals surface area (Å²) >= 11 is 0. The van der Waals surface area contributed by atoms with Gasteiger partial charge >= 0.3 is 42.2 Å². The van der Waals surface area contributed by atoms with E-state index in [0.717, 1.165) is 4.90 Å². The van der Waals surface area contributed by atoms with E-state index in [1.54, 1.807) is 116 Å². The number of hydrogen-bond donors (Lipinski definition) is 2. The lowest BCUT2D eigenvalue weighted by atomic mass is 10.1. The van der Waals surface area contributed by atoms with Crippen LogP contribution in [0, 0.1) is 0 Å². The molecule has 2 rings (SSSR count). The number of nitrogens with zero attached hydrogens (tertiary/aromatic N) is 2. The smallest absolute Gasteiger partial charge is 0.414 e. The monoisotopic (exact) mass is 1060 g/mol. The fraction of sp³-hybridized carbons (Fsp3) is 0.623. The number of ether oxygens (including phenoxy) is 11. The van der Waals surface area contributed by atoms with Crippen molar-refractivity contribution >= 4 is 53.8 Å². The predicted octanol–water partition coefficient (Wildman–Crippen LogP) is 8.12. The van der Waals surface area contributed by atoms with E-state index in [1.807, 2.05) is 0 Å². The lowest BCUT2D eigenvalue weighted by molar-refractivity contribution is -0.168. The Morgan fingerprint density at radius 3 is 1.43 bits per heavy atom. The molecule has 0 fully saturated rings. The van der Waals surface area contributed by atoms with E-state index in [2.05, 4.69) is 15.6 Å². The normalized spacial score (nSPS) is 12.3.